The smallest absolute Gasteiger partial charge is 0.456 e. The highest BCUT2D eigenvalue weighted by Crippen LogP contribution is 2.31. The Kier molecular flexibility index (Phi) is 8.73. The number of rotatable bonds is 9. The second-order valence-corrected chi connectivity index (χ2v) is 7.77. The molecule has 1 saturated heterocycles. The molecular formula is C20H21ClF3N3O4S. The number of thioether (sulfide) groups is 1. The molecule has 0 bridgehead atoms. The number of hydrogen-bond donors (Lipinski definition) is 0. The van der Waals surface area contributed by atoms with Gasteiger partial charge in [0, 0.05) is 12.7 Å². The van der Waals surface area contributed by atoms with Crippen LogP contribution < -0.4 is 4.74 Å². The summed E-state index contributed by atoms with van der Waals surface area (Å²) in [6.45, 7) is 2.45. The van der Waals surface area contributed by atoms with E-state index in [0.29, 0.717) is 17.7 Å². The molecule has 0 aromatic carbocycles. The van der Waals surface area contributed by atoms with Crippen molar-refractivity contribution >= 4 is 46.7 Å². The topological polar surface area (TPSA) is 81.0 Å². The van der Waals surface area contributed by atoms with Crippen molar-refractivity contribution in [2.75, 3.05) is 13.2 Å². The number of hydrogen-bond acceptors (Lipinski definition) is 6. The molecule has 0 saturated carbocycles. The molecule has 1 aliphatic heterocycles. The van der Waals surface area contributed by atoms with Crippen LogP contribution in [0.15, 0.2) is 35.5 Å². The maximum atomic E-state index is 12.7. The lowest BCUT2D eigenvalue weighted by Crippen LogP contribution is -2.29. The lowest BCUT2D eigenvalue weighted by Gasteiger charge is -2.12. The summed E-state index contributed by atoms with van der Waals surface area (Å²) in [6.07, 6.45) is 1.58. The summed E-state index contributed by atoms with van der Waals surface area (Å²) in [4.78, 5) is 41.3. The van der Waals surface area contributed by atoms with Gasteiger partial charge in [0.2, 0.25) is 0 Å². The van der Waals surface area contributed by atoms with E-state index in [2.05, 4.69) is 4.98 Å². The second-order valence-electron chi connectivity index (χ2n) is 6.77. The van der Waals surface area contributed by atoms with E-state index < -0.39 is 17.7 Å². The van der Waals surface area contributed by atoms with Crippen molar-refractivity contribution < 1.29 is 32.3 Å². The van der Waals surface area contributed by atoms with Crippen LogP contribution in [0.25, 0.3) is 5.65 Å². The highest BCUT2D eigenvalue weighted by molar-refractivity contribution is 8.18. The summed E-state index contributed by atoms with van der Waals surface area (Å²) in [6, 6.07) is 3.00. The van der Waals surface area contributed by atoms with E-state index >= 15 is 0 Å². The molecule has 2 aromatic heterocycles. The van der Waals surface area contributed by atoms with Crippen molar-refractivity contribution in [3.8, 4) is 5.75 Å². The predicted molar refractivity (Wildman–Crippen MR) is 115 cm³/mol. The fourth-order valence-corrected chi connectivity index (χ4v) is 3.84. The van der Waals surface area contributed by atoms with Gasteiger partial charge in [-0.2, -0.15) is 13.2 Å². The van der Waals surface area contributed by atoms with Gasteiger partial charge in [-0.15, -0.1) is 12.4 Å². The number of imide groups is 1. The lowest BCUT2D eigenvalue weighted by atomic mass is 10.3. The molecule has 174 valence electrons. The molecule has 2 amide bonds. The minimum atomic E-state index is -5.00. The van der Waals surface area contributed by atoms with Gasteiger partial charge in [0.15, 0.2) is 11.4 Å². The molecule has 0 radical (unpaired) electrons. The zero-order valence-electron chi connectivity index (χ0n) is 17.1. The Hall–Kier alpha value is -2.53. The van der Waals surface area contributed by atoms with Crippen LogP contribution in [0.4, 0.5) is 18.0 Å². The molecule has 3 heterocycles. The van der Waals surface area contributed by atoms with Crippen LogP contribution in [-0.2, 0) is 4.79 Å². The average Bonchev–Trinajstić information content (AvgIpc) is 3.27. The first-order valence-corrected chi connectivity index (χ1v) is 10.5. The Bertz CT molecular complexity index is 1040. The number of ketones is 1. The SMILES string of the molecule is CCC/C=C1/SC(=O)N(CCCCOc2cccn3c(C(=O)C(F)(F)F)cnc23)C1=O.Cl. The quantitative estimate of drug-likeness (QED) is 0.278. The minimum absolute atomic E-state index is 0. The summed E-state index contributed by atoms with van der Waals surface area (Å²) in [5, 5.41) is -0.294. The van der Waals surface area contributed by atoms with E-state index in [1.807, 2.05) is 6.92 Å². The molecule has 0 unspecified atom stereocenters. The van der Waals surface area contributed by atoms with Crippen molar-refractivity contribution in [3.05, 3.63) is 41.2 Å². The molecule has 1 aliphatic rings. The minimum Gasteiger partial charge on any atom is -0.490 e. The number of fused-ring (bicyclic) bond motifs is 1. The van der Waals surface area contributed by atoms with Crippen LogP contribution in [0, 0.1) is 0 Å². The summed E-state index contributed by atoms with van der Waals surface area (Å²) < 4.78 is 44.8. The number of unbranched alkanes of at least 4 members (excludes halogenated alkanes) is 2. The first-order chi connectivity index (χ1) is 14.7. The van der Waals surface area contributed by atoms with Gasteiger partial charge in [0.1, 0.15) is 5.69 Å². The number of carbonyl (C=O) groups excluding carboxylic acids is 3. The third kappa shape index (κ3) is 5.63. The van der Waals surface area contributed by atoms with Crippen molar-refractivity contribution in [3.63, 3.8) is 0 Å². The first-order valence-electron chi connectivity index (χ1n) is 9.68. The Morgan fingerprint density at radius 3 is 2.72 bits per heavy atom. The Morgan fingerprint density at radius 1 is 1.28 bits per heavy atom. The largest absolute Gasteiger partial charge is 0.490 e. The molecule has 2 aromatic rings. The molecular weight excluding hydrogens is 471 g/mol. The molecule has 32 heavy (non-hydrogen) atoms. The predicted octanol–water partition coefficient (Wildman–Crippen LogP) is 5.04. The maximum absolute atomic E-state index is 12.7. The normalized spacial score (nSPS) is 15.5. The van der Waals surface area contributed by atoms with E-state index in [1.54, 1.807) is 12.1 Å². The third-order valence-corrected chi connectivity index (χ3v) is 5.47. The van der Waals surface area contributed by atoms with Crippen molar-refractivity contribution in [1.82, 2.24) is 14.3 Å². The number of amides is 2. The first kappa shape index (κ1) is 25.7. The molecule has 0 N–H and O–H groups in total. The van der Waals surface area contributed by atoms with Gasteiger partial charge in [-0.1, -0.05) is 19.4 Å². The van der Waals surface area contributed by atoms with Gasteiger partial charge < -0.3 is 4.74 Å². The van der Waals surface area contributed by atoms with Crippen LogP contribution >= 0.6 is 24.2 Å². The van der Waals surface area contributed by atoms with E-state index in [1.165, 1.54) is 17.2 Å². The van der Waals surface area contributed by atoms with Crippen LogP contribution in [0.2, 0.25) is 0 Å². The Balaban J connectivity index is 0.00000363. The number of carbonyl (C=O) groups is 3. The fraction of sp³-hybridized carbons (Fsp3) is 0.400. The van der Waals surface area contributed by atoms with Gasteiger partial charge in [-0.05, 0) is 43.2 Å². The van der Waals surface area contributed by atoms with E-state index in [4.69, 9.17) is 4.74 Å². The highest BCUT2D eigenvalue weighted by Gasteiger charge is 2.41. The standard InChI is InChI=1S/C20H20F3N3O4S.ClH/c1-2-3-8-15-18(28)26(19(29)31-15)9-4-5-11-30-14-7-6-10-25-13(12-24-17(14)25)16(27)20(21,22)23;/h6-8,10,12H,2-5,9,11H2,1H3;1H/b15-8+;. The number of allylic oxidation sites excluding steroid dienone is 1. The Labute approximate surface area is 192 Å². The van der Waals surface area contributed by atoms with Gasteiger partial charge in [0.25, 0.3) is 16.9 Å². The van der Waals surface area contributed by atoms with Crippen LogP contribution in [-0.4, -0.2) is 50.5 Å². The number of halogens is 4. The lowest BCUT2D eigenvalue weighted by molar-refractivity contribution is -0.122. The Morgan fingerprint density at radius 2 is 2.03 bits per heavy atom. The molecule has 0 atom stereocenters. The maximum Gasteiger partial charge on any atom is 0.456 e. The zero-order chi connectivity index (χ0) is 22.6. The van der Waals surface area contributed by atoms with Crippen LogP contribution in [0.3, 0.4) is 0 Å². The van der Waals surface area contributed by atoms with Gasteiger partial charge >= 0.3 is 6.18 Å². The molecule has 3 rings (SSSR count). The summed E-state index contributed by atoms with van der Waals surface area (Å²) in [5.41, 5.74) is -0.495. The molecule has 0 spiro atoms. The molecule has 7 nitrogen and oxygen atoms in total. The summed E-state index contributed by atoms with van der Waals surface area (Å²) in [5.74, 6) is -2.03. The number of Topliss-reactive ketones (excluding diaryl/α,β-unsaturated/α-hetero) is 1. The second kappa shape index (κ2) is 10.9. The van der Waals surface area contributed by atoms with E-state index in [0.717, 1.165) is 35.2 Å². The number of aromatic nitrogens is 2. The highest BCUT2D eigenvalue weighted by atomic mass is 35.5. The average molecular weight is 492 g/mol. The third-order valence-electron chi connectivity index (χ3n) is 4.52. The molecule has 12 heteroatoms. The van der Waals surface area contributed by atoms with Crippen LogP contribution in [0.5, 0.6) is 5.75 Å². The number of alkyl halides is 3. The van der Waals surface area contributed by atoms with Crippen molar-refractivity contribution in [2.24, 2.45) is 0 Å². The monoisotopic (exact) mass is 491 g/mol. The van der Waals surface area contributed by atoms with E-state index in [9.17, 15) is 27.6 Å². The number of ether oxygens (including phenoxy) is 1. The van der Waals surface area contributed by atoms with Gasteiger partial charge in [-0.25, -0.2) is 4.98 Å². The number of nitrogens with zero attached hydrogens (tertiary/aromatic N) is 3. The van der Waals surface area contributed by atoms with Gasteiger partial charge in [-0.3, -0.25) is 23.7 Å². The summed E-state index contributed by atoms with van der Waals surface area (Å²) in [7, 11) is 0. The molecule has 1 fully saturated rings. The summed E-state index contributed by atoms with van der Waals surface area (Å²) >= 11 is 0.939. The zero-order valence-corrected chi connectivity index (χ0v) is 18.7. The van der Waals surface area contributed by atoms with Crippen molar-refractivity contribution in [1.29, 1.82) is 0 Å². The number of imidazole rings is 1. The van der Waals surface area contributed by atoms with E-state index in [-0.39, 0.29) is 48.1 Å². The van der Waals surface area contributed by atoms with Gasteiger partial charge in [0.05, 0.1) is 17.7 Å². The number of pyridine rings is 1. The molecule has 0 aliphatic carbocycles. The van der Waals surface area contributed by atoms with Crippen molar-refractivity contribution in [2.45, 2.75) is 38.8 Å². The van der Waals surface area contributed by atoms with Crippen LogP contribution in [0.1, 0.15) is 43.1 Å². The fourth-order valence-electron chi connectivity index (χ4n) is 2.97.